The average Bonchev–Trinajstić information content (AvgIpc) is 3.21. The van der Waals surface area contributed by atoms with Crippen molar-refractivity contribution in [3.05, 3.63) is 89.2 Å². The summed E-state index contributed by atoms with van der Waals surface area (Å²) in [7, 11) is 0. The Morgan fingerprint density at radius 1 is 1.11 bits per heavy atom. The maximum atomic E-state index is 12.6. The molecule has 1 saturated carbocycles. The van der Waals surface area contributed by atoms with Crippen molar-refractivity contribution in [1.82, 2.24) is 4.98 Å². The third-order valence-electron chi connectivity index (χ3n) is 8.75. The minimum Gasteiger partial charge on any atom is -0.493 e. The second kappa shape index (κ2) is 10.7. The molecule has 2 aliphatic carbocycles. The molecule has 37 heavy (non-hydrogen) atoms. The Morgan fingerprint density at radius 3 is 2.57 bits per heavy atom. The minimum absolute atomic E-state index is 0.00432. The van der Waals surface area contributed by atoms with Crippen LogP contribution in [0.4, 0.5) is 5.69 Å². The summed E-state index contributed by atoms with van der Waals surface area (Å²) in [4.78, 5) is 16.7. The number of halogens is 1. The van der Waals surface area contributed by atoms with E-state index in [-0.39, 0.29) is 5.41 Å². The number of aliphatic carboxylic acids is 1. The zero-order chi connectivity index (χ0) is 25.9. The van der Waals surface area contributed by atoms with Crippen LogP contribution in [-0.4, -0.2) is 28.2 Å². The second-order valence-electron chi connectivity index (χ2n) is 10.7. The average molecular weight is 519 g/mol. The van der Waals surface area contributed by atoms with E-state index in [0.717, 1.165) is 43.5 Å². The number of pyridine rings is 1. The lowest BCUT2D eigenvalue weighted by Gasteiger charge is -2.47. The van der Waals surface area contributed by atoms with Gasteiger partial charge in [0, 0.05) is 23.1 Å². The Morgan fingerprint density at radius 2 is 1.86 bits per heavy atom. The lowest BCUT2D eigenvalue weighted by atomic mass is 9.59. The van der Waals surface area contributed by atoms with Gasteiger partial charge in [-0.2, -0.15) is 0 Å². The molecule has 0 unspecified atom stereocenters. The van der Waals surface area contributed by atoms with Gasteiger partial charge in [-0.1, -0.05) is 55.3 Å². The largest absolute Gasteiger partial charge is 0.493 e. The zero-order valence-electron chi connectivity index (χ0n) is 21.3. The summed E-state index contributed by atoms with van der Waals surface area (Å²) in [6, 6.07) is 20.0. The van der Waals surface area contributed by atoms with Gasteiger partial charge in [0.15, 0.2) is 0 Å². The molecule has 2 aliphatic rings. The third-order valence-corrected chi connectivity index (χ3v) is 8.98. The number of nitrogens with one attached hydrogen (secondary N) is 1. The van der Waals surface area contributed by atoms with Gasteiger partial charge in [0.2, 0.25) is 0 Å². The zero-order valence-corrected chi connectivity index (χ0v) is 22.1. The van der Waals surface area contributed by atoms with Crippen LogP contribution in [0.1, 0.15) is 56.6 Å². The molecule has 0 amide bonds. The van der Waals surface area contributed by atoms with Crippen LogP contribution in [0.15, 0.2) is 73.1 Å². The summed E-state index contributed by atoms with van der Waals surface area (Å²) in [5, 5.41) is 14.3. The number of carboxylic acid groups (broad SMARTS) is 1. The normalized spacial score (nSPS) is 25.4. The van der Waals surface area contributed by atoms with E-state index in [0.29, 0.717) is 36.3 Å². The standard InChI is InChI=1S/C31H35ClN2O3/c1-2-22(21-37-27-10-16-33-17-11-27)18-24-19-23-6-3-4-9-28(23)30(24)12-14-31(15-13-30,29(35)36)34-26-8-5-7-25(32)20-26/h3-11,16-17,20,22,24,34H,2,12-15,18-19,21H2,1H3,(H,35,36)/t22-,24+,30?,31?/m0/s1. The molecule has 0 saturated heterocycles. The van der Waals surface area contributed by atoms with Crippen LogP contribution in [-0.2, 0) is 16.6 Å². The molecular weight excluding hydrogens is 484 g/mol. The van der Waals surface area contributed by atoms with Gasteiger partial charge in [-0.25, -0.2) is 4.79 Å². The number of carboxylic acids is 1. The summed E-state index contributed by atoms with van der Waals surface area (Å²) >= 11 is 6.19. The first-order chi connectivity index (χ1) is 17.9. The molecule has 0 bridgehead atoms. The quantitative estimate of drug-likeness (QED) is 0.314. The minimum atomic E-state index is -0.993. The predicted molar refractivity (Wildman–Crippen MR) is 147 cm³/mol. The van der Waals surface area contributed by atoms with E-state index >= 15 is 0 Å². The van der Waals surface area contributed by atoms with Crippen molar-refractivity contribution in [1.29, 1.82) is 0 Å². The van der Waals surface area contributed by atoms with Crippen molar-refractivity contribution in [3.8, 4) is 5.75 Å². The Hall–Kier alpha value is -3.05. The molecule has 6 heteroatoms. The van der Waals surface area contributed by atoms with Crippen molar-refractivity contribution in [2.24, 2.45) is 11.8 Å². The highest BCUT2D eigenvalue weighted by atomic mass is 35.5. The van der Waals surface area contributed by atoms with Gasteiger partial charge in [0.05, 0.1) is 6.61 Å². The molecule has 5 rings (SSSR count). The van der Waals surface area contributed by atoms with Crippen molar-refractivity contribution >= 4 is 23.3 Å². The van der Waals surface area contributed by atoms with E-state index in [9.17, 15) is 9.90 Å². The van der Waals surface area contributed by atoms with Gasteiger partial charge in [-0.15, -0.1) is 0 Å². The first-order valence-electron chi connectivity index (χ1n) is 13.3. The number of rotatable bonds is 9. The molecule has 1 spiro atoms. The molecule has 5 nitrogen and oxygen atoms in total. The molecule has 2 N–H and O–H groups in total. The highest BCUT2D eigenvalue weighted by Crippen LogP contribution is 2.56. The van der Waals surface area contributed by atoms with Crippen LogP contribution in [0.5, 0.6) is 5.75 Å². The van der Waals surface area contributed by atoms with Crippen LogP contribution in [0, 0.1) is 11.8 Å². The number of carbonyl (C=O) groups is 1. The van der Waals surface area contributed by atoms with E-state index in [4.69, 9.17) is 16.3 Å². The van der Waals surface area contributed by atoms with Gasteiger partial charge in [0.25, 0.3) is 0 Å². The van der Waals surface area contributed by atoms with Gasteiger partial charge < -0.3 is 15.2 Å². The van der Waals surface area contributed by atoms with Crippen LogP contribution >= 0.6 is 11.6 Å². The number of aromatic nitrogens is 1. The van der Waals surface area contributed by atoms with Crippen molar-refractivity contribution < 1.29 is 14.6 Å². The number of hydrogen-bond acceptors (Lipinski definition) is 4. The monoisotopic (exact) mass is 518 g/mol. The van der Waals surface area contributed by atoms with Crippen LogP contribution < -0.4 is 10.1 Å². The summed E-state index contributed by atoms with van der Waals surface area (Å²) in [5.74, 6) is 0.963. The van der Waals surface area contributed by atoms with Crippen molar-refractivity contribution in [2.45, 2.75) is 62.8 Å². The van der Waals surface area contributed by atoms with E-state index < -0.39 is 11.5 Å². The van der Waals surface area contributed by atoms with Crippen LogP contribution in [0.25, 0.3) is 0 Å². The highest BCUT2D eigenvalue weighted by molar-refractivity contribution is 6.30. The summed E-state index contributed by atoms with van der Waals surface area (Å²) in [6.45, 7) is 2.92. The number of anilines is 1. The number of ether oxygens (including phenoxy) is 1. The number of nitrogens with zero attached hydrogens (tertiary/aromatic N) is 1. The second-order valence-corrected chi connectivity index (χ2v) is 11.2. The van der Waals surface area contributed by atoms with Gasteiger partial charge in [-0.05, 0) is 97.2 Å². The fourth-order valence-corrected chi connectivity index (χ4v) is 6.80. The number of hydrogen-bond donors (Lipinski definition) is 2. The molecule has 0 radical (unpaired) electrons. The van der Waals surface area contributed by atoms with E-state index in [1.165, 1.54) is 11.1 Å². The van der Waals surface area contributed by atoms with Crippen LogP contribution in [0.2, 0.25) is 5.02 Å². The van der Waals surface area contributed by atoms with Gasteiger partial charge in [0.1, 0.15) is 11.3 Å². The maximum absolute atomic E-state index is 12.6. The fraction of sp³-hybridized carbons (Fsp3) is 0.419. The van der Waals surface area contributed by atoms with Crippen molar-refractivity contribution in [3.63, 3.8) is 0 Å². The lowest BCUT2D eigenvalue weighted by Crippen LogP contribution is -2.53. The Bertz CT molecular complexity index is 1220. The maximum Gasteiger partial charge on any atom is 0.329 e. The third kappa shape index (κ3) is 5.19. The molecule has 0 aliphatic heterocycles. The molecule has 1 heterocycles. The smallest absolute Gasteiger partial charge is 0.329 e. The van der Waals surface area contributed by atoms with Crippen LogP contribution in [0.3, 0.4) is 0 Å². The first kappa shape index (κ1) is 25.6. The highest BCUT2D eigenvalue weighted by Gasteiger charge is 2.54. The fourth-order valence-electron chi connectivity index (χ4n) is 6.61. The topological polar surface area (TPSA) is 71.5 Å². The summed E-state index contributed by atoms with van der Waals surface area (Å²) in [5.41, 5.74) is 2.60. The Kier molecular flexibility index (Phi) is 7.43. The van der Waals surface area contributed by atoms with E-state index in [1.54, 1.807) is 24.5 Å². The molecule has 2 aromatic carbocycles. The summed E-state index contributed by atoms with van der Waals surface area (Å²) < 4.78 is 6.12. The SMILES string of the molecule is CC[C@H](COc1ccncc1)C[C@@H]1Cc2ccccc2C12CCC(Nc1cccc(Cl)c1)(C(=O)O)CC2. The Labute approximate surface area is 224 Å². The first-order valence-corrected chi connectivity index (χ1v) is 13.7. The molecule has 1 fully saturated rings. The number of fused-ring (bicyclic) bond motifs is 2. The number of benzene rings is 2. The molecular formula is C31H35ClN2O3. The van der Waals surface area contributed by atoms with E-state index in [2.05, 4.69) is 41.5 Å². The van der Waals surface area contributed by atoms with Gasteiger partial charge >= 0.3 is 5.97 Å². The van der Waals surface area contributed by atoms with Gasteiger partial charge in [-0.3, -0.25) is 4.98 Å². The predicted octanol–water partition coefficient (Wildman–Crippen LogP) is 7.15. The summed E-state index contributed by atoms with van der Waals surface area (Å²) in [6.07, 6.45) is 9.51. The Balaban J connectivity index is 1.36. The van der Waals surface area contributed by atoms with Crippen molar-refractivity contribution in [2.75, 3.05) is 11.9 Å². The van der Waals surface area contributed by atoms with E-state index in [1.807, 2.05) is 24.3 Å². The molecule has 2 atom stereocenters. The molecule has 3 aromatic rings. The molecule has 1 aromatic heterocycles. The molecule has 194 valence electrons. The lowest BCUT2D eigenvalue weighted by molar-refractivity contribution is -0.144.